The highest BCUT2D eigenvalue weighted by Crippen LogP contribution is 2.25. The van der Waals surface area contributed by atoms with Crippen LogP contribution in [-0.2, 0) is 9.47 Å². The molecule has 0 N–H and O–H groups in total. The Morgan fingerprint density at radius 2 is 1.08 bits per heavy atom. The van der Waals surface area contributed by atoms with E-state index in [-0.39, 0.29) is 11.9 Å². The first-order valence-electron chi connectivity index (χ1n) is 7.94. The molecule has 0 aromatic heterocycles. The number of benzene rings is 3. The molecule has 0 saturated carbocycles. The second-order valence-electron chi connectivity index (χ2n) is 5.42. The molecule has 0 bridgehead atoms. The van der Waals surface area contributed by atoms with E-state index in [4.69, 9.17) is 9.47 Å². The molecule has 122 valence electrons. The fraction of sp³-hybridized carbons (Fsp3) is 0.200. The molecule has 0 unspecified atom stereocenters. The summed E-state index contributed by atoms with van der Waals surface area (Å²) in [7, 11) is 0. The third-order valence-electron chi connectivity index (χ3n) is 3.82. The quantitative estimate of drug-likeness (QED) is 0.529. The predicted molar refractivity (Wildman–Crippen MR) is 93.4 cm³/mol. The van der Waals surface area contributed by atoms with Gasteiger partial charge in [-0.15, -0.1) is 0 Å². The van der Waals surface area contributed by atoms with E-state index in [0.717, 1.165) is 21.5 Å². The number of hydrogen-bond donors (Lipinski definition) is 0. The lowest BCUT2D eigenvalue weighted by Gasteiger charge is -2.07. The smallest absolute Gasteiger partial charge is 0.338 e. The molecule has 0 heterocycles. The Morgan fingerprint density at radius 1 is 0.667 bits per heavy atom. The topological polar surface area (TPSA) is 52.6 Å². The number of hydrogen-bond acceptors (Lipinski definition) is 4. The van der Waals surface area contributed by atoms with E-state index >= 15 is 0 Å². The van der Waals surface area contributed by atoms with Gasteiger partial charge in [0.15, 0.2) is 0 Å². The lowest BCUT2D eigenvalue weighted by atomic mass is 10.00. The van der Waals surface area contributed by atoms with Crippen LogP contribution >= 0.6 is 0 Å². The van der Waals surface area contributed by atoms with Gasteiger partial charge in [0.25, 0.3) is 0 Å². The minimum absolute atomic E-state index is 0.322. The summed E-state index contributed by atoms with van der Waals surface area (Å²) >= 11 is 0. The van der Waals surface area contributed by atoms with E-state index in [1.165, 1.54) is 0 Å². The summed E-state index contributed by atoms with van der Waals surface area (Å²) in [6, 6.07) is 14.9. The van der Waals surface area contributed by atoms with Crippen LogP contribution in [-0.4, -0.2) is 25.2 Å². The average Bonchev–Trinajstić information content (AvgIpc) is 2.59. The number of carbonyl (C=O) groups is 2. The second kappa shape index (κ2) is 6.71. The summed E-state index contributed by atoms with van der Waals surface area (Å²) in [5.74, 6) is -0.644. The summed E-state index contributed by atoms with van der Waals surface area (Å²) in [5, 5.41) is 3.90. The Morgan fingerprint density at radius 3 is 1.46 bits per heavy atom. The second-order valence-corrected chi connectivity index (χ2v) is 5.42. The zero-order valence-corrected chi connectivity index (χ0v) is 13.7. The maximum Gasteiger partial charge on any atom is 0.338 e. The van der Waals surface area contributed by atoms with E-state index in [0.29, 0.717) is 24.3 Å². The third-order valence-corrected chi connectivity index (χ3v) is 3.82. The van der Waals surface area contributed by atoms with Gasteiger partial charge >= 0.3 is 11.9 Å². The van der Waals surface area contributed by atoms with Crippen molar-refractivity contribution in [2.75, 3.05) is 13.2 Å². The highest BCUT2D eigenvalue weighted by molar-refractivity contribution is 6.03. The molecule has 0 aliphatic rings. The molecule has 4 heteroatoms. The molecular formula is C20H18O4. The first-order valence-corrected chi connectivity index (χ1v) is 7.94. The van der Waals surface area contributed by atoms with Gasteiger partial charge < -0.3 is 9.47 Å². The predicted octanol–water partition coefficient (Wildman–Crippen LogP) is 4.35. The molecule has 0 saturated heterocycles. The van der Waals surface area contributed by atoms with Crippen LogP contribution < -0.4 is 0 Å². The van der Waals surface area contributed by atoms with Gasteiger partial charge in [0.05, 0.1) is 24.3 Å². The van der Waals surface area contributed by atoms with Crippen molar-refractivity contribution in [3.8, 4) is 0 Å². The largest absolute Gasteiger partial charge is 0.462 e. The molecule has 4 nitrogen and oxygen atoms in total. The lowest BCUT2D eigenvalue weighted by molar-refractivity contribution is 0.0517. The maximum atomic E-state index is 11.9. The molecule has 3 rings (SSSR count). The summed E-state index contributed by atoms with van der Waals surface area (Å²) in [4.78, 5) is 23.7. The van der Waals surface area contributed by atoms with Gasteiger partial charge in [-0.3, -0.25) is 0 Å². The standard InChI is InChI=1S/C20H18O4/c1-3-23-19(21)15-7-5-13-10-18-12-16(20(22)24-4-2)8-6-14(18)9-17(13)11-15/h5-12H,3-4H2,1-2H3. The Labute approximate surface area is 140 Å². The lowest BCUT2D eigenvalue weighted by Crippen LogP contribution is -2.04. The normalized spacial score (nSPS) is 10.8. The van der Waals surface area contributed by atoms with E-state index in [2.05, 4.69) is 0 Å². The highest BCUT2D eigenvalue weighted by Gasteiger charge is 2.10. The molecule has 0 atom stereocenters. The van der Waals surface area contributed by atoms with Crippen LogP contribution in [0.15, 0.2) is 48.5 Å². The Bertz CT molecular complexity index is 850. The minimum atomic E-state index is -0.322. The molecule has 0 fully saturated rings. The number of ether oxygens (including phenoxy) is 2. The summed E-state index contributed by atoms with van der Waals surface area (Å²) in [6.45, 7) is 4.28. The Hall–Kier alpha value is -2.88. The summed E-state index contributed by atoms with van der Waals surface area (Å²) < 4.78 is 10.1. The van der Waals surface area contributed by atoms with Crippen molar-refractivity contribution in [1.82, 2.24) is 0 Å². The van der Waals surface area contributed by atoms with Gasteiger partial charge in [-0.05, 0) is 71.8 Å². The third kappa shape index (κ3) is 3.08. The zero-order valence-electron chi connectivity index (χ0n) is 13.7. The van der Waals surface area contributed by atoms with Crippen LogP contribution in [0.2, 0.25) is 0 Å². The van der Waals surface area contributed by atoms with Crippen LogP contribution in [0.25, 0.3) is 21.5 Å². The fourth-order valence-corrected chi connectivity index (χ4v) is 2.68. The van der Waals surface area contributed by atoms with Crippen LogP contribution in [0.3, 0.4) is 0 Å². The summed E-state index contributed by atoms with van der Waals surface area (Å²) in [6.07, 6.45) is 0. The zero-order chi connectivity index (χ0) is 17.1. The first-order chi connectivity index (χ1) is 11.6. The maximum absolute atomic E-state index is 11.9. The van der Waals surface area contributed by atoms with Gasteiger partial charge in [0.1, 0.15) is 0 Å². The number of esters is 2. The van der Waals surface area contributed by atoms with Crippen LogP contribution in [0.1, 0.15) is 34.6 Å². The van der Waals surface area contributed by atoms with Crippen LogP contribution in [0, 0.1) is 0 Å². The van der Waals surface area contributed by atoms with Crippen LogP contribution in [0.5, 0.6) is 0 Å². The molecular weight excluding hydrogens is 304 g/mol. The molecule has 0 radical (unpaired) electrons. The van der Waals surface area contributed by atoms with Gasteiger partial charge in [-0.1, -0.05) is 12.1 Å². The van der Waals surface area contributed by atoms with Gasteiger partial charge in [-0.2, -0.15) is 0 Å². The number of fused-ring (bicyclic) bond motifs is 2. The van der Waals surface area contributed by atoms with Crippen molar-refractivity contribution in [2.24, 2.45) is 0 Å². The van der Waals surface area contributed by atoms with E-state index in [1.807, 2.05) is 36.4 Å². The van der Waals surface area contributed by atoms with E-state index in [9.17, 15) is 9.59 Å². The molecule has 0 aliphatic heterocycles. The molecule has 3 aromatic rings. The van der Waals surface area contributed by atoms with Gasteiger partial charge in [0.2, 0.25) is 0 Å². The first kappa shape index (κ1) is 16.0. The number of rotatable bonds is 4. The fourth-order valence-electron chi connectivity index (χ4n) is 2.68. The molecule has 0 spiro atoms. The van der Waals surface area contributed by atoms with Gasteiger partial charge in [-0.25, -0.2) is 9.59 Å². The summed E-state index contributed by atoms with van der Waals surface area (Å²) in [5.41, 5.74) is 1.07. The Kier molecular flexibility index (Phi) is 4.47. The number of carbonyl (C=O) groups excluding carboxylic acids is 2. The minimum Gasteiger partial charge on any atom is -0.462 e. The van der Waals surface area contributed by atoms with Crippen LogP contribution in [0.4, 0.5) is 0 Å². The van der Waals surface area contributed by atoms with Crippen molar-refractivity contribution in [3.05, 3.63) is 59.7 Å². The average molecular weight is 322 g/mol. The van der Waals surface area contributed by atoms with Crippen molar-refractivity contribution >= 4 is 33.5 Å². The molecule has 24 heavy (non-hydrogen) atoms. The monoisotopic (exact) mass is 322 g/mol. The molecule has 3 aromatic carbocycles. The van der Waals surface area contributed by atoms with Crippen molar-refractivity contribution in [1.29, 1.82) is 0 Å². The van der Waals surface area contributed by atoms with Crippen molar-refractivity contribution in [2.45, 2.75) is 13.8 Å². The SMILES string of the molecule is CCOC(=O)c1ccc2cc3cc(C(=O)OCC)ccc3cc2c1. The molecule has 0 aliphatic carbocycles. The van der Waals surface area contributed by atoms with E-state index < -0.39 is 0 Å². The van der Waals surface area contributed by atoms with E-state index in [1.54, 1.807) is 26.0 Å². The molecule has 0 amide bonds. The Balaban J connectivity index is 2.05. The van der Waals surface area contributed by atoms with Crippen molar-refractivity contribution in [3.63, 3.8) is 0 Å². The highest BCUT2D eigenvalue weighted by atomic mass is 16.5. The van der Waals surface area contributed by atoms with Crippen molar-refractivity contribution < 1.29 is 19.1 Å². The van der Waals surface area contributed by atoms with Gasteiger partial charge in [0, 0.05) is 0 Å².